The second-order valence-electron chi connectivity index (χ2n) is 8.99. The van der Waals surface area contributed by atoms with Crippen molar-refractivity contribution in [3.8, 4) is 22.8 Å². The first kappa shape index (κ1) is 23.2. The minimum atomic E-state index is -0.288. The highest BCUT2D eigenvalue weighted by molar-refractivity contribution is 5.92. The van der Waals surface area contributed by atoms with Crippen molar-refractivity contribution in [3.63, 3.8) is 0 Å². The van der Waals surface area contributed by atoms with E-state index in [-0.39, 0.29) is 29.3 Å². The second kappa shape index (κ2) is 9.22. The average molecular weight is 480 g/mol. The van der Waals surface area contributed by atoms with Crippen molar-refractivity contribution in [3.05, 3.63) is 93.4 Å². The quantitative estimate of drug-likeness (QED) is 0.381. The van der Waals surface area contributed by atoms with Crippen molar-refractivity contribution in [2.24, 2.45) is 0 Å². The molecule has 0 fully saturated rings. The van der Waals surface area contributed by atoms with Crippen molar-refractivity contribution < 1.29 is 9.32 Å². The van der Waals surface area contributed by atoms with Crippen LogP contribution in [-0.4, -0.2) is 25.6 Å². The van der Waals surface area contributed by atoms with Crippen molar-refractivity contribution in [1.82, 2.24) is 19.7 Å². The summed E-state index contributed by atoms with van der Waals surface area (Å²) in [5.74, 6) is 0.235. The summed E-state index contributed by atoms with van der Waals surface area (Å²) >= 11 is 0. The van der Waals surface area contributed by atoms with Gasteiger partial charge in [0.1, 0.15) is 17.8 Å². The zero-order valence-corrected chi connectivity index (χ0v) is 20.5. The molecule has 0 bridgehead atoms. The highest BCUT2D eigenvalue weighted by Gasteiger charge is 2.19. The van der Waals surface area contributed by atoms with Gasteiger partial charge in [0.15, 0.2) is 0 Å². The van der Waals surface area contributed by atoms with Gasteiger partial charge in [0.25, 0.3) is 5.89 Å². The van der Waals surface area contributed by atoms with Crippen LogP contribution in [0.15, 0.2) is 70.1 Å². The normalized spacial score (nSPS) is 11.1. The number of aromatic nitrogens is 4. The topological polar surface area (TPSA) is 103 Å². The molecule has 0 aliphatic rings. The molecule has 0 saturated heterocycles. The lowest BCUT2D eigenvalue weighted by molar-refractivity contribution is -0.116. The van der Waals surface area contributed by atoms with Gasteiger partial charge in [-0.05, 0) is 68.7 Å². The van der Waals surface area contributed by atoms with E-state index in [1.54, 1.807) is 22.9 Å². The van der Waals surface area contributed by atoms with Gasteiger partial charge < -0.3 is 14.4 Å². The maximum Gasteiger partial charge on any atom is 0.263 e. The zero-order chi connectivity index (χ0) is 25.4. The molecule has 0 saturated carbocycles. The van der Waals surface area contributed by atoms with Gasteiger partial charge in [-0.15, -0.1) is 0 Å². The number of hydrogen-bond donors (Lipinski definition) is 1. The lowest BCUT2D eigenvalue weighted by atomic mass is 10.1. The number of hydrogen-bond acceptors (Lipinski definition) is 6. The lowest BCUT2D eigenvalue weighted by Gasteiger charge is -2.13. The second-order valence-corrected chi connectivity index (χ2v) is 8.99. The number of pyridine rings is 2. The molecule has 0 aliphatic heterocycles. The number of nitrogens with zero attached hydrogens (tertiary/aromatic N) is 4. The summed E-state index contributed by atoms with van der Waals surface area (Å²) in [6.07, 6.45) is 1.56. The molecule has 8 nitrogen and oxygen atoms in total. The van der Waals surface area contributed by atoms with E-state index in [0.29, 0.717) is 22.5 Å². The van der Waals surface area contributed by atoms with Gasteiger partial charge in [-0.25, -0.2) is 4.98 Å². The Morgan fingerprint density at radius 3 is 2.44 bits per heavy atom. The van der Waals surface area contributed by atoms with Gasteiger partial charge in [-0.2, -0.15) is 4.98 Å². The van der Waals surface area contributed by atoms with Crippen molar-refractivity contribution >= 4 is 22.6 Å². The number of anilines is 1. The number of carbonyl (C=O) groups excluding carboxylic acids is 1. The van der Waals surface area contributed by atoms with E-state index in [1.165, 1.54) is 0 Å². The Bertz CT molecular complexity index is 1660. The van der Waals surface area contributed by atoms with Gasteiger partial charge in [0.05, 0.1) is 5.39 Å². The van der Waals surface area contributed by atoms with Crippen LogP contribution in [0.4, 0.5) is 5.69 Å². The van der Waals surface area contributed by atoms with Crippen molar-refractivity contribution in [2.75, 3.05) is 5.32 Å². The summed E-state index contributed by atoms with van der Waals surface area (Å²) in [4.78, 5) is 35.4. The minimum absolute atomic E-state index is 0.0496. The summed E-state index contributed by atoms with van der Waals surface area (Å²) in [6.45, 7) is 7.70. The summed E-state index contributed by atoms with van der Waals surface area (Å²) in [7, 11) is 0. The fraction of sp³-hybridized carbons (Fsp3) is 0.179. The molecule has 36 heavy (non-hydrogen) atoms. The van der Waals surface area contributed by atoms with Gasteiger partial charge in [0, 0.05) is 23.1 Å². The Kier molecular flexibility index (Phi) is 5.93. The number of nitrogens with one attached hydrogen (secondary N) is 1. The third kappa shape index (κ3) is 4.53. The number of carbonyl (C=O) groups is 1. The van der Waals surface area contributed by atoms with Crippen molar-refractivity contribution in [1.29, 1.82) is 0 Å². The highest BCUT2D eigenvalue weighted by atomic mass is 16.5. The molecule has 180 valence electrons. The lowest BCUT2D eigenvalue weighted by Crippen LogP contribution is -2.22. The zero-order valence-electron chi connectivity index (χ0n) is 20.5. The molecule has 8 heteroatoms. The first-order valence-corrected chi connectivity index (χ1v) is 11.6. The van der Waals surface area contributed by atoms with Crippen LogP contribution in [0.5, 0.6) is 0 Å². The number of benzene rings is 2. The molecular weight excluding hydrogens is 454 g/mol. The van der Waals surface area contributed by atoms with Crippen molar-refractivity contribution in [2.45, 2.75) is 34.2 Å². The first-order chi connectivity index (χ1) is 17.3. The largest absolute Gasteiger partial charge is 0.333 e. The molecule has 3 heterocycles. The molecule has 5 aromatic rings. The van der Waals surface area contributed by atoms with E-state index in [2.05, 4.69) is 20.4 Å². The molecule has 1 N–H and O–H groups in total. The van der Waals surface area contributed by atoms with Gasteiger partial charge in [0.2, 0.25) is 17.2 Å². The molecule has 0 spiro atoms. The van der Waals surface area contributed by atoms with Gasteiger partial charge >= 0.3 is 0 Å². The Balaban J connectivity index is 1.56. The number of amides is 1. The molecule has 1 amide bonds. The predicted octanol–water partition coefficient (Wildman–Crippen LogP) is 4.99. The summed E-state index contributed by atoms with van der Waals surface area (Å²) in [5, 5.41) is 7.40. The molecule has 3 aromatic heterocycles. The summed E-state index contributed by atoms with van der Waals surface area (Å²) in [5.41, 5.74) is 5.70. The van der Waals surface area contributed by atoms with E-state index >= 15 is 0 Å². The van der Waals surface area contributed by atoms with Crippen LogP contribution in [0, 0.1) is 27.7 Å². The molecular formula is C28H25N5O3. The third-order valence-electron chi connectivity index (χ3n) is 5.92. The van der Waals surface area contributed by atoms with Crippen LogP contribution in [0.2, 0.25) is 0 Å². The Labute approximate surface area is 207 Å². The predicted molar refractivity (Wildman–Crippen MR) is 139 cm³/mol. The molecule has 5 rings (SSSR count). The van der Waals surface area contributed by atoms with E-state index in [0.717, 1.165) is 27.9 Å². The number of aryl methyl sites for hydroxylation is 4. The average Bonchev–Trinajstić information content (AvgIpc) is 3.30. The Morgan fingerprint density at radius 1 is 0.944 bits per heavy atom. The fourth-order valence-corrected chi connectivity index (χ4v) is 4.30. The maximum atomic E-state index is 13.4. The first-order valence-electron chi connectivity index (χ1n) is 11.6. The maximum absolute atomic E-state index is 13.4. The minimum Gasteiger partial charge on any atom is -0.333 e. The third-order valence-corrected chi connectivity index (χ3v) is 5.92. The number of rotatable bonds is 5. The monoisotopic (exact) mass is 479 g/mol. The van der Waals surface area contributed by atoms with Crippen LogP contribution >= 0.6 is 0 Å². The summed E-state index contributed by atoms with van der Waals surface area (Å²) in [6, 6.07) is 17.0. The molecule has 0 unspecified atom stereocenters. The molecule has 0 radical (unpaired) electrons. The van der Waals surface area contributed by atoms with E-state index in [9.17, 15) is 9.59 Å². The van der Waals surface area contributed by atoms with Crippen LogP contribution < -0.4 is 10.7 Å². The SMILES string of the molecule is Cc1cc(C)cc(NC(=O)Cn2cc(-c3nc(-c4ccccc4C)no3)c(=O)c3ccc(C)nc32)c1. The van der Waals surface area contributed by atoms with Crippen LogP contribution in [0.1, 0.15) is 22.4 Å². The molecule has 0 atom stereocenters. The van der Waals surface area contributed by atoms with E-state index in [1.807, 2.05) is 70.2 Å². The standard InChI is InChI=1S/C28H25N5O3/c1-16-11-17(2)13-20(12-16)30-24(34)15-33-14-23(25(35)22-10-9-19(4)29-27(22)33)28-31-26(32-36-28)21-8-6-5-7-18(21)3/h5-14H,15H2,1-4H3,(H,30,34). The number of fused-ring (bicyclic) bond motifs is 1. The van der Waals surface area contributed by atoms with Crippen LogP contribution in [0.25, 0.3) is 33.9 Å². The molecule has 0 aliphatic carbocycles. The van der Waals surface area contributed by atoms with Crippen LogP contribution in [0.3, 0.4) is 0 Å². The van der Waals surface area contributed by atoms with Crippen LogP contribution in [-0.2, 0) is 11.3 Å². The highest BCUT2D eigenvalue weighted by Crippen LogP contribution is 2.24. The summed E-state index contributed by atoms with van der Waals surface area (Å²) < 4.78 is 7.15. The van der Waals surface area contributed by atoms with Gasteiger partial charge in [-0.1, -0.05) is 35.5 Å². The fourth-order valence-electron chi connectivity index (χ4n) is 4.30. The van der Waals surface area contributed by atoms with Gasteiger partial charge in [-0.3, -0.25) is 9.59 Å². The Morgan fingerprint density at radius 2 is 1.69 bits per heavy atom. The Hall–Kier alpha value is -4.59. The van der Waals surface area contributed by atoms with E-state index in [4.69, 9.17) is 4.52 Å². The molecule has 2 aromatic carbocycles. The smallest absolute Gasteiger partial charge is 0.263 e. The van der Waals surface area contributed by atoms with E-state index < -0.39 is 0 Å².